The van der Waals surface area contributed by atoms with Gasteiger partial charge in [0.25, 0.3) is 0 Å². The van der Waals surface area contributed by atoms with Crippen molar-refractivity contribution < 1.29 is 0 Å². The molecular formula is C80H52N4S. The molecule has 0 N–H and O–H groups in total. The Bertz CT molecular complexity index is 4950. The lowest BCUT2D eigenvalue weighted by Gasteiger charge is -2.25. The first-order chi connectivity index (χ1) is 42.2. The number of benzene rings is 14. The van der Waals surface area contributed by atoms with E-state index in [2.05, 4.69) is 334 Å². The minimum Gasteiger partial charge on any atom is -0.311 e. The maximum Gasteiger partial charge on any atom is 0.0547 e. The Kier molecular flexibility index (Phi) is 11.4. The maximum atomic E-state index is 2.51. The van der Waals surface area contributed by atoms with Crippen molar-refractivity contribution in [3.8, 4) is 33.6 Å². The summed E-state index contributed by atoms with van der Waals surface area (Å²) in [6, 6.07) is 116. The molecule has 0 atom stereocenters. The molecule has 0 fully saturated rings. The molecule has 3 aromatic heterocycles. The van der Waals surface area contributed by atoms with Crippen LogP contribution < -0.4 is 9.80 Å². The number of rotatable bonds is 10. The highest BCUT2D eigenvalue weighted by Gasteiger charge is 2.24. The largest absolute Gasteiger partial charge is 0.311 e. The van der Waals surface area contributed by atoms with Crippen molar-refractivity contribution in [1.82, 2.24) is 9.13 Å². The number of para-hydroxylation sites is 8. The molecule has 0 bridgehead atoms. The van der Waals surface area contributed by atoms with Gasteiger partial charge in [0.1, 0.15) is 0 Å². The molecule has 3 heterocycles. The number of hydrogen-bond donors (Lipinski definition) is 0. The van der Waals surface area contributed by atoms with Crippen LogP contribution in [0.5, 0.6) is 0 Å². The highest BCUT2D eigenvalue weighted by Crippen LogP contribution is 2.51. The van der Waals surface area contributed by atoms with Gasteiger partial charge in [0.05, 0.1) is 22.1 Å². The molecule has 17 rings (SSSR count). The van der Waals surface area contributed by atoms with Crippen LogP contribution in [0.15, 0.2) is 315 Å². The van der Waals surface area contributed by atoms with E-state index in [1.165, 1.54) is 96.5 Å². The fourth-order valence-electron chi connectivity index (χ4n) is 13.4. The predicted molar refractivity (Wildman–Crippen MR) is 363 cm³/mol. The van der Waals surface area contributed by atoms with E-state index >= 15 is 0 Å². The van der Waals surface area contributed by atoms with Crippen LogP contribution in [0, 0.1) is 0 Å². The van der Waals surface area contributed by atoms with Crippen molar-refractivity contribution in [3.63, 3.8) is 0 Å². The summed E-state index contributed by atoms with van der Waals surface area (Å²) in [5, 5.41) is 12.4. The molecule has 0 amide bonds. The fourth-order valence-corrected chi connectivity index (χ4v) is 14.7. The van der Waals surface area contributed by atoms with E-state index in [9.17, 15) is 0 Å². The van der Waals surface area contributed by atoms with E-state index in [0.29, 0.717) is 0 Å². The molecule has 0 saturated carbocycles. The van der Waals surface area contributed by atoms with Crippen LogP contribution in [0.4, 0.5) is 34.1 Å². The molecule has 0 spiro atoms. The van der Waals surface area contributed by atoms with E-state index in [0.717, 1.165) is 56.6 Å². The van der Waals surface area contributed by atoms with Gasteiger partial charge in [0.2, 0.25) is 0 Å². The second kappa shape index (κ2) is 19.9. The molecule has 0 radical (unpaired) electrons. The summed E-state index contributed by atoms with van der Waals surface area (Å²) in [4.78, 5) is 4.68. The van der Waals surface area contributed by atoms with Crippen LogP contribution >= 0.6 is 11.3 Å². The second-order valence-corrected chi connectivity index (χ2v) is 23.0. The van der Waals surface area contributed by atoms with Crippen molar-refractivity contribution >= 4 is 131 Å². The van der Waals surface area contributed by atoms with Gasteiger partial charge in [-0.1, -0.05) is 170 Å². The number of fused-ring (bicyclic) bond motifs is 13. The molecule has 0 saturated heterocycles. The van der Waals surface area contributed by atoms with E-state index in [-0.39, 0.29) is 0 Å². The molecule has 398 valence electrons. The molecule has 85 heavy (non-hydrogen) atoms. The zero-order valence-electron chi connectivity index (χ0n) is 46.2. The van der Waals surface area contributed by atoms with Gasteiger partial charge in [0.15, 0.2) is 0 Å². The Morgan fingerprint density at radius 2 is 0.506 bits per heavy atom. The minimum absolute atomic E-state index is 1.09. The Morgan fingerprint density at radius 3 is 0.859 bits per heavy atom. The third-order valence-electron chi connectivity index (χ3n) is 17.2. The summed E-state index contributed by atoms with van der Waals surface area (Å²) in [6.45, 7) is 0. The number of anilines is 6. The predicted octanol–water partition coefficient (Wildman–Crippen LogP) is 22.8. The molecular weight excluding hydrogens is 1050 g/mol. The molecule has 0 unspecified atom stereocenters. The molecule has 17 aromatic rings. The van der Waals surface area contributed by atoms with E-state index in [1.807, 2.05) is 11.3 Å². The molecule has 0 aliphatic heterocycles. The first kappa shape index (κ1) is 48.7. The van der Waals surface area contributed by atoms with Crippen LogP contribution in [0.1, 0.15) is 0 Å². The lowest BCUT2D eigenvalue weighted by atomic mass is 9.91. The summed E-state index contributed by atoms with van der Waals surface area (Å²) in [5.74, 6) is 0. The molecule has 14 aromatic carbocycles. The van der Waals surface area contributed by atoms with Gasteiger partial charge < -0.3 is 18.9 Å². The van der Waals surface area contributed by atoms with Crippen molar-refractivity contribution in [2.45, 2.75) is 0 Å². The Labute approximate surface area is 495 Å². The number of hydrogen-bond acceptors (Lipinski definition) is 3. The first-order valence-corrected chi connectivity index (χ1v) is 29.9. The zero-order chi connectivity index (χ0) is 56.0. The van der Waals surface area contributed by atoms with Crippen LogP contribution in [0.2, 0.25) is 0 Å². The summed E-state index contributed by atoms with van der Waals surface area (Å²) in [6.07, 6.45) is 0. The van der Waals surface area contributed by atoms with Crippen molar-refractivity contribution in [2.24, 2.45) is 0 Å². The standard InChI is InChI=1S/C80H52N4S/c1-7-23-55(24-8-1)81(56-25-9-2-10-26-56)61-43-39-53(40-44-61)65-47-73-74-48-66(54-41-45-62(46-42-54)82(57-27-11-3-12-28-57)58-29-13-4-14-30-58)68-52-78-70(64-36-20-22-38-76(64)84(78)60-33-17-6-18-34-60)50-72(68)80(74)85-79(73)71-49-69-63-35-19-21-37-75(63)83(77(69)51-67(65)71)59-31-15-5-16-32-59/h1-52H. The summed E-state index contributed by atoms with van der Waals surface area (Å²) < 4.78 is 7.46. The van der Waals surface area contributed by atoms with Gasteiger partial charge in [-0.05, 0) is 179 Å². The Hall–Kier alpha value is -11.0. The monoisotopic (exact) mass is 1100 g/mol. The zero-order valence-corrected chi connectivity index (χ0v) is 47.0. The van der Waals surface area contributed by atoms with Crippen LogP contribution in [-0.2, 0) is 0 Å². The minimum atomic E-state index is 1.09. The van der Waals surface area contributed by atoms with Crippen molar-refractivity contribution in [3.05, 3.63) is 315 Å². The molecule has 0 aliphatic carbocycles. The number of aromatic nitrogens is 2. The van der Waals surface area contributed by atoms with E-state index in [4.69, 9.17) is 0 Å². The van der Waals surface area contributed by atoms with E-state index < -0.39 is 0 Å². The normalized spacial score (nSPS) is 11.8. The quantitative estimate of drug-likeness (QED) is 0.136. The molecule has 0 aliphatic rings. The van der Waals surface area contributed by atoms with Gasteiger partial charge in [-0.3, -0.25) is 0 Å². The van der Waals surface area contributed by atoms with Crippen LogP contribution in [0.25, 0.3) is 119 Å². The van der Waals surface area contributed by atoms with Gasteiger partial charge in [-0.15, -0.1) is 11.3 Å². The summed E-state index contributed by atoms with van der Waals surface area (Å²) in [7, 11) is 0. The average molecular weight is 1100 g/mol. The van der Waals surface area contributed by atoms with Crippen molar-refractivity contribution in [1.29, 1.82) is 0 Å². The Morgan fingerprint density at radius 1 is 0.212 bits per heavy atom. The highest BCUT2D eigenvalue weighted by molar-refractivity contribution is 7.27. The lowest BCUT2D eigenvalue weighted by Crippen LogP contribution is -2.09. The number of nitrogens with zero attached hydrogens (tertiary/aromatic N) is 4. The Balaban J connectivity index is 0.958. The molecule has 4 nitrogen and oxygen atoms in total. The average Bonchev–Trinajstić information content (AvgIpc) is 4.43. The topological polar surface area (TPSA) is 16.3 Å². The number of thiophene rings is 1. The SMILES string of the molecule is c1ccc(N(c2ccccc2)c2ccc(-c3cc4c5cc(-c6ccc(N(c7ccccc7)c7ccccc7)cc6)c6cc7c(cc6c5sc4c4cc5c6ccccc6n(-c6ccccc6)c5cc34)c3ccccc3n7-c3ccccc3)cc2)cc1. The second-order valence-electron chi connectivity index (χ2n) is 22.0. The van der Waals surface area contributed by atoms with Crippen molar-refractivity contribution in [2.75, 3.05) is 9.80 Å². The smallest absolute Gasteiger partial charge is 0.0547 e. The molecule has 5 heteroatoms. The highest BCUT2D eigenvalue weighted by atomic mass is 32.1. The van der Waals surface area contributed by atoms with Gasteiger partial charge in [-0.25, -0.2) is 0 Å². The summed E-state index contributed by atoms with van der Waals surface area (Å²) >= 11 is 1.94. The first-order valence-electron chi connectivity index (χ1n) is 29.1. The van der Waals surface area contributed by atoms with Gasteiger partial charge >= 0.3 is 0 Å². The third-order valence-corrected chi connectivity index (χ3v) is 18.5. The summed E-state index contributed by atoms with van der Waals surface area (Å²) in [5.41, 5.74) is 18.4. The fraction of sp³-hybridized carbons (Fsp3) is 0. The maximum absolute atomic E-state index is 2.51. The van der Waals surface area contributed by atoms with Gasteiger partial charge in [-0.2, -0.15) is 0 Å². The van der Waals surface area contributed by atoms with E-state index in [1.54, 1.807) is 0 Å². The van der Waals surface area contributed by atoms with Gasteiger partial charge in [0, 0.05) is 98.0 Å². The van der Waals surface area contributed by atoms with Crippen LogP contribution in [0.3, 0.4) is 0 Å². The third kappa shape index (κ3) is 7.97. The lowest BCUT2D eigenvalue weighted by molar-refractivity contribution is 1.18. The van der Waals surface area contributed by atoms with Crippen LogP contribution in [-0.4, -0.2) is 9.13 Å².